The zero-order valence-corrected chi connectivity index (χ0v) is 41.4. The summed E-state index contributed by atoms with van der Waals surface area (Å²) in [6.07, 6.45) is 36.1. The van der Waals surface area contributed by atoms with Crippen LogP contribution in [0.25, 0.3) is 0 Å². The Hall–Kier alpha value is -1.46. The first-order chi connectivity index (χ1) is 30.5. The van der Waals surface area contributed by atoms with Crippen molar-refractivity contribution in [1.82, 2.24) is 4.90 Å². The van der Waals surface area contributed by atoms with E-state index in [1.165, 1.54) is 103 Å². The van der Waals surface area contributed by atoms with Gasteiger partial charge in [0.25, 0.3) is 0 Å². The van der Waals surface area contributed by atoms with Crippen LogP contribution in [0.4, 0.5) is 4.79 Å². The quantitative estimate of drug-likeness (QED) is 0.0468. The molecule has 0 aromatic heterocycles. The number of ether oxygens (including phenoxy) is 6. The maximum Gasteiger partial charge on any atom is 0.508 e. The number of esters is 1. The Balaban J connectivity index is 4.62. The van der Waals surface area contributed by atoms with Gasteiger partial charge in [-0.05, 0) is 77.3 Å². The number of carbonyl (C=O) groups is 2. The van der Waals surface area contributed by atoms with Crippen LogP contribution in [-0.4, -0.2) is 107 Å². The zero-order valence-electron chi connectivity index (χ0n) is 41.4. The summed E-state index contributed by atoms with van der Waals surface area (Å²) in [4.78, 5) is 28.2. The number of rotatable bonds is 51. The van der Waals surface area contributed by atoms with Crippen LogP contribution in [0.1, 0.15) is 233 Å². The normalized spacial score (nSPS) is 12.5. The number of hydrogen-bond acceptors (Lipinski definition) is 10. The maximum atomic E-state index is 13.1. The van der Waals surface area contributed by atoms with E-state index in [0.29, 0.717) is 52.9 Å². The molecule has 0 spiro atoms. The third-order valence-corrected chi connectivity index (χ3v) is 11.9. The summed E-state index contributed by atoms with van der Waals surface area (Å²) >= 11 is 0. The molecule has 10 nitrogen and oxygen atoms in total. The molecule has 0 aliphatic carbocycles. The standard InChI is InChI=1S/C52H103NO9/c1-5-9-13-17-19-26-34-49(33-25-15-11-7-3)51(55)60-41-31-23-21-29-37-53(39-43-57-45-47-59-48-46-58-44-40-54)38-30-22-24-32-42-61-52(56)62-50(35-27-16-12-8-4)36-28-20-18-14-10-6-2/h49-50,54H,5-48H2,1-4H3. The van der Waals surface area contributed by atoms with Gasteiger partial charge in [0.05, 0.1) is 65.4 Å². The molecule has 0 saturated heterocycles. The van der Waals surface area contributed by atoms with Gasteiger partial charge in [-0.2, -0.15) is 0 Å². The highest BCUT2D eigenvalue weighted by molar-refractivity contribution is 5.72. The molecule has 0 bridgehead atoms. The van der Waals surface area contributed by atoms with E-state index in [-0.39, 0.29) is 24.6 Å². The SMILES string of the molecule is CCCCCCCCC(CCCCCC)OC(=O)OCCCCCCN(CCCCCCOC(=O)C(CCCCCC)CCCCCCCC)CCOCCOCCOCCO. The van der Waals surface area contributed by atoms with Gasteiger partial charge in [0, 0.05) is 6.54 Å². The van der Waals surface area contributed by atoms with Gasteiger partial charge in [-0.3, -0.25) is 4.79 Å². The lowest BCUT2D eigenvalue weighted by atomic mass is 9.94. The fourth-order valence-electron chi connectivity index (χ4n) is 7.92. The van der Waals surface area contributed by atoms with E-state index in [0.717, 1.165) is 122 Å². The van der Waals surface area contributed by atoms with Crippen molar-refractivity contribution >= 4 is 12.1 Å². The average Bonchev–Trinajstić information content (AvgIpc) is 3.27. The third-order valence-electron chi connectivity index (χ3n) is 11.9. The molecule has 0 aromatic carbocycles. The van der Waals surface area contributed by atoms with Gasteiger partial charge in [-0.1, -0.05) is 169 Å². The first kappa shape index (κ1) is 60.5. The summed E-state index contributed by atoms with van der Waals surface area (Å²) in [6.45, 7) is 15.9. The van der Waals surface area contributed by atoms with Crippen molar-refractivity contribution in [2.75, 3.05) is 79.1 Å². The molecule has 62 heavy (non-hydrogen) atoms. The van der Waals surface area contributed by atoms with Gasteiger partial charge in [-0.15, -0.1) is 0 Å². The second-order valence-electron chi connectivity index (χ2n) is 17.7. The Morgan fingerprint density at radius 2 is 0.790 bits per heavy atom. The molecule has 0 aliphatic heterocycles. The monoisotopic (exact) mass is 886 g/mol. The van der Waals surface area contributed by atoms with Crippen molar-refractivity contribution in [2.45, 2.75) is 239 Å². The molecule has 2 unspecified atom stereocenters. The van der Waals surface area contributed by atoms with Gasteiger partial charge >= 0.3 is 12.1 Å². The number of aliphatic hydroxyl groups is 1. The molecule has 0 rings (SSSR count). The molecule has 2 atom stereocenters. The Kier molecular flexibility index (Phi) is 49.3. The summed E-state index contributed by atoms with van der Waals surface area (Å²) in [5, 5.41) is 8.82. The highest BCUT2D eigenvalue weighted by Gasteiger charge is 2.19. The van der Waals surface area contributed by atoms with Gasteiger partial charge in [-0.25, -0.2) is 4.79 Å². The van der Waals surface area contributed by atoms with Crippen molar-refractivity contribution in [3.05, 3.63) is 0 Å². The van der Waals surface area contributed by atoms with E-state index in [2.05, 4.69) is 32.6 Å². The summed E-state index contributed by atoms with van der Waals surface area (Å²) in [6, 6.07) is 0. The van der Waals surface area contributed by atoms with Crippen LogP contribution in [-0.2, 0) is 33.2 Å². The van der Waals surface area contributed by atoms with Crippen molar-refractivity contribution in [3.63, 3.8) is 0 Å². The van der Waals surface area contributed by atoms with Crippen LogP contribution in [0.5, 0.6) is 0 Å². The van der Waals surface area contributed by atoms with E-state index < -0.39 is 6.16 Å². The smallest absolute Gasteiger partial charge is 0.465 e. The molecule has 1 N–H and O–H groups in total. The molecule has 0 heterocycles. The summed E-state index contributed by atoms with van der Waals surface area (Å²) < 4.78 is 33.9. The molecule has 370 valence electrons. The lowest BCUT2D eigenvalue weighted by Crippen LogP contribution is -2.30. The average molecular weight is 886 g/mol. The van der Waals surface area contributed by atoms with Crippen molar-refractivity contribution < 1.29 is 43.1 Å². The largest absolute Gasteiger partial charge is 0.508 e. The third kappa shape index (κ3) is 43.8. The molecular formula is C52H103NO9. The number of nitrogens with zero attached hydrogens (tertiary/aromatic N) is 1. The highest BCUT2D eigenvalue weighted by Crippen LogP contribution is 2.21. The molecule has 0 aromatic rings. The van der Waals surface area contributed by atoms with E-state index in [1.54, 1.807) is 0 Å². The van der Waals surface area contributed by atoms with Crippen molar-refractivity contribution in [2.24, 2.45) is 5.92 Å². The van der Waals surface area contributed by atoms with Gasteiger partial charge in [0.15, 0.2) is 0 Å². The van der Waals surface area contributed by atoms with Crippen LogP contribution >= 0.6 is 0 Å². The van der Waals surface area contributed by atoms with E-state index in [4.69, 9.17) is 33.5 Å². The Labute approximate surface area is 383 Å². The van der Waals surface area contributed by atoms with Crippen LogP contribution in [0, 0.1) is 5.92 Å². The fraction of sp³-hybridized carbons (Fsp3) is 0.962. The summed E-state index contributed by atoms with van der Waals surface area (Å²) in [7, 11) is 0. The van der Waals surface area contributed by atoms with Crippen molar-refractivity contribution in [1.29, 1.82) is 0 Å². The minimum absolute atomic E-state index is 0.0234. The lowest BCUT2D eigenvalue weighted by molar-refractivity contribution is -0.149. The number of carbonyl (C=O) groups excluding carboxylic acids is 2. The minimum atomic E-state index is -0.494. The Morgan fingerprint density at radius 3 is 1.29 bits per heavy atom. The number of unbranched alkanes of at least 4 members (excludes halogenated alkanes) is 22. The first-order valence-electron chi connectivity index (χ1n) is 26.6. The van der Waals surface area contributed by atoms with Gasteiger partial charge in [0.2, 0.25) is 0 Å². The van der Waals surface area contributed by atoms with Crippen LogP contribution < -0.4 is 0 Å². The van der Waals surface area contributed by atoms with Gasteiger partial charge in [0.1, 0.15) is 6.10 Å². The maximum absolute atomic E-state index is 13.1. The second kappa shape index (κ2) is 50.5. The molecule has 0 saturated carbocycles. The molecular weight excluding hydrogens is 783 g/mol. The molecule has 0 radical (unpaired) electrons. The second-order valence-corrected chi connectivity index (χ2v) is 17.7. The van der Waals surface area contributed by atoms with Crippen LogP contribution in [0.15, 0.2) is 0 Å². The van der Waals surface area contributed by atoms with Crippen LogP contribution in [0.2, 0.25) is 0 Å². The summed E-state index contributed by atoms with van der Waals surface area (Å²) in [5.41, 5.74) is 0. The van der Waals surface area contributed by atoms with E-state index >= 15 is 0 Å². The molecule has 0 amide bonds. The number of hydrogen-bond donors (Lipinski definition) is 1. The highest BCUT2D eigenvalue weighted by atomic mass is 16.7. The van der Waals surface area contributed by atoms with E-state index in [1.807, 2.05) is 0 Å². The van der Waals surface area contributed by atoms with Gasteiger partial charge < -0.3 is 38.4 Å². The predicted molar refractivity (Wildman–Crippen MR) is 257 cm³/mol. The first-order valence-corrected chi connectivity index (χ1v) is 26.6. The molecule has 10 heteroatoms. The van der Waals surface area contributed by atoms with E-state index in [9.17, 15) is 9.59 Å². The fourth-order valence-corrected chi connectivity index (χ4v) is 7.92. The summed E-state index contributed by atoms with van der Waals surface area (Å²) in [5.74, 6) is 0.103. The Morgan fingerprint density at radius 1 is 0.403 bits per heavy atom. The molecule has 0 fully saturated rings. The lowest BCUT2D eigenvalue weighted by Gasteiger charge is -2.22. The minimum Gasteiger partial charge on any atom is -0.465 e. The topological polar surface area (TPSA) is 113 Å². The van der Waals surface area contributed by atoms with Crippen molar-refractivity contribution in [3.8, 4) is 0 Å². The Bertz CT molecular complexity index is 909. The molecule has 0 aliphatic rings. The number of aliphatic hydroxyl groups excluding tert-OH is 1. The zero-order chi connectivity index (χ0) is 45.2. The predicted octanol–water partition coefficient (Wildman–Crippen LogP) is 13.6. The van der Waals surface area contributed by atoms with Crippen LogP contribution in [0.3, 0.4) is 0 Å².